The Bertz CT molecular complexity index is 657. The summed E-state index contributed by atoms with van der Waals surface area (Å²) in [6, 6.07) is 13.0. The lowest BCUT2D eigenvalue weighted by molar-refractivity contribution is 0.351. The second kappa shape index (κ2) is 6.51. The van der Waals surface area contributed by atoms with Crippen LogP contribution in [0.25, 0.3) is 0 Å². The summed E-state index contributed by atoms with van der Waals surface area (Å²) in [6.45, 7) is 3.77. The molecule has 1 aliphatic rings. The molecule has 1 N–H and O–H groups in total. The van der Waals surface area contributed by atoms with Crippen LogP contribution in [0.4, 0.5) is 0 Å². The molecule has 0 aliphatic carbocycles. The molecule has 21 heavy (non-hydrogen) atoms. The van der Waals surface area contributed by atoms with Crippen molar-refractivity contribution in [3.8, 4) is 5.75 Å². The first-order valence-electron chi connectivity index (χ1n) is 7.06. The van der Waals surface area contributed by atoms with Crippen molar-refractivity contribution in [1.82, 2.24) is 5.32 Å². The summed E-state index contributed by atoms with van der Waals surface area (Å²) >= 11 is 7.11. The number of fused-ring (bicyclic) bond motifs is 1. The molecule has 0 aromatic heterocycles. The van der Waals surface area contributed by atoms with E-state index in [4.69, 9.17) is 4.74 Å². The van der Waals surface area contributed by atoms with Gasteiger partial charge in [0, 0.05) is 33.5 Å². The predicted octanol–water partition coefficient (Wildman–Crippen LogP) is 5.00. The molecule has 0 amide bonds. The zero-order valence-corrected chi connectivity index (χ0v) is 15.0. The summed E-state index contributed by atoms with van der Waals surface area (Å²) in [5.41, 5.74) is 3.80. The van der Waals surface area contributed by atoms with Gasteiger partial charge in [0.25, 0.3) is 0 Å². The topological polar surface area (TPSA) is 21.3 Å². The van der Waals surface area contributed by atoms with Crippen molar-refractivity contribution in [2.45, 2.75) is 25.9 Å². The van der Waals surface area contributed by atoms with E-state index in [0.717, 1.165) is 34.3 Å². The van der Waals surface area contributed by atoms with E-state index < -0.39 is 0 Å². The van der Waals surface area contributed by atoms with Gasteiger partial charge in [-0.05, 0) is 42.3 Å². The highest BCUT2D eigenvalue weighted by Crippen LogP contribution is 2.33. The predicted molar refractivity (Wildman–Crippen MR) is 92.7 cm³/mol. The maximum Gasteiger partial charge on any atom is 0.127 e. The van der Waals surface area contributed by atoms with Crippen molar-refractivity contribution >= 4 is 31.9 Å². The number of hydrogen-bond acceptors (Lipinski definition) is 2. The molecule has 0 spiro atoms. The summed E-state index contributed by atoms with van der Waals surface area (Å²) in [4.78, 5) is 0. The van der Waals surface area contributed by atoms with Gasteiger partial charge in [0.2, 0.25) is 0 Å². The Hall–Kier alpha value is -0.840. The van der Waals surface area contributed by atoms with Crippen molar-refractivity contribution < 1.29 is 4.74 Å². The van der Waals surface area contributed by atoms with E-state index in [9.17, 15) is 0 Å². The van der Waals surface area contributed by atoms with Crippen molar-refractivity contribution in [1.29, 1.82) is 0 Å². The van der Waals surface area contributed by atoms with Crippen molar-refractivity contribution in [2.75, 3.05) is 6.61 Å². The summed E-state index contributed by atoms with van der Waals surface area (Å²) in [6.07, 6.45) is 1.00. The Morgan fingerprint density at radius 1 is 1.19 bits per heavy atom. The van der Waals surface area contributed by atoms with Crippen LogP contribution in [0.3, 0.4) is 0 Å². The molecule has 0 saturated heterocycles. The third-order valence-corrected chi connectivity index (χ3v) is 4.72. The fourth-order valence-corrected chi connectivity index (χ4v) is 3.60. The van der Waals surface area contributed by atoms with Crippen LogP contribution < -0.4 is 10.1 Å². The number of halogens is 2. The van der Waals surface area contributed by atoms with Crippen LogP contribution in [0.2, 0.25) is 0 Å². The molecule has 1 unspecified atom stereocenters. The smallest absolute Gasteiger partial charge is 0.127 e. The molecular weight excluding hydrogens is 394 g/mol. The van der Waals surface area contributed by atoms with Crippen LogP contribution in [0, 0.1) is 0 Å². The van der Waals surface area contributed by atoms with E-state index in [1.807, 2.05) is 6.07 Å². The van der Waals surface area contributed by atoms with Crippen LogP contribution in [-0.4, -0.2) is 6.61 Å². The van der Waals surface area contributed by atoms with Gasteiger partial charge in [-0.25, -0.2) is 0 Å². The van der Waals surface area contributed by atoms with E-state index in [2.05, 4.69) is 74.4 Å². The standard InChI is InChI=1S/C17H17Br2NO/c1-11(12-3-2-4-15(18)7-12)20-10-14-9-16(19)8-13-5-6-21-17(13)14/h2-4,7-9,11,20H,5-6,10H2,1H3. The Kier molecular flexibility index (Phi) is 4.67. The van der Waals surface area contributed by atoms with Crippen LogP contribution in [-0.2, 0) is 13.0 Å². The molecule has 2 aromatic rings. The molecule has 4 heteroatoms. The maximum atomic E-state index is 5.77. The summed E-state index contributed by atoms with van der Waals surface area (Å²) < 4.78 is 8.01. The van der Waals surface area contributed by atoms with Gasteiger partial charge in [0.1, 0.15) is 5.75 Å². The lowest BCUT2D eigenvalue weighted by Crippen LogP contribution is -2.18. The zero-order valence-electron chi connectivity index (χ0n) is 11.8. The quantitative estimate of drug-likeness (QED) is 0.765. The Morgan fingerprint density at radius 3 is 2.86 bits per heavy atom. The highest BCUT2D eigenvalue weighted by atomic mass is 79.9. The van der Waals surface area contributed by atoms with Gasteiger partial charge < -0.3 is 10.1 Å². The summed E-state index contributed by atoms with van der Waals surface area (Å²) in [5, 5.41) is 3.58. The zero-order chi connectivity index (χ0) is 14.8. The van der Waals surface area contributed by atoms with Crippen molar-refractivity contribution in [3.05, 3.63) is 62.0 Å². The molecule has 1 aliphatic heterocycles. The number of nitrogens with one attached hydrogen (secondary N) is 1. The van der Waals surface area contributed by atoms with E-state index in [0.29, 0.717) is 6.04 Å². The number of hydrogen-bond donors (Lipinski definition) is 1. The SMILES string of the molecule is CC(NCc1cc(Br)cc2c1OCC2)c1cccc(Br)c1. The van der Waals surface area contributed by atoms with Gasteiger partial charge >= 0.3 is 0 Å². The minimum Gasteiger partial charge on any atom is -0.493 e. The van der Waals surface area contributed by atoms with E-state index in [1.54, 1.807) is 0 Å². The van der Waals surface area contributed by atoms with Gasteiger partial charge in [-0.2, -0.15) is 0 Å². The van der Waals surface area contributed by atoms with Crippen LogP contribution in [0.1, 0.15) is 29.7 Å². The van der Waals surface area contributed by atoms with Gasteiger partial charge in [0.05, 0.1) is 6.61 Å². The Balaban J connectivity index is 1.73. The first-order valence-corrected chi connectivity index (χ1v) is 8.65. The van der Waals surface area contributed by atoms with E-state index in [-0.39, 0.29) is 0 Å². The van der Waals surface area contributed by atoms with Gasteiger partial charge in [-0.1, -0.05) is 44.0 Å². The minimum atomic E-state index is 0.290. The van der Waals surface area contributed by atoms with Crippen molar-refractivity contribution in [2.24, 2.45) is 0 Å². The van der Waals surface area contributed by atoms with Crippen molar-refractivity contribution in [3.63, 3.8) is 0 Å². The first-order chi connectivity index (χ1) is 10.1. The minimum absolute atomic E-state index is 0.290. The molecule has 0 saturated carbocycles. The summed E-state index contributed by atoms with van der Waals surface area (Å²) in [7, 11) is 0. The van der Waals surface area contributed by atoms with Gasteiger partial charge in [-0.15, -0.1) is 0 Å². The molecule has 3 rings (SSSR count). The summed E-state index contributed by atoms with van der Waals surface area (Å²) in [5.74, 6) is 1.06. The molecule has 1 heterocycles. The molecule has 2 nitrogen and oxygen atoms in total. The van der Waals surface area contributed by atoms with Crippen LogP contribution in [0.5, 0.6) is 5.75 Å². The normalized spacial score (nSPS) is 14.6. The number of rotatable bonds is 4. The second-order valence-corrected chi connectivity index (χ2v) is 7.14. The number of ether oxygens (including phenoxy) is 1. The number of benzene rings is 2. The lowest BCUT2D eigenvalue weighted by atomic mass is 10.1. The van der Waals surface area contributed by atoms with Gasteiger partial charge in [0.15, 0.2) is 0 Å². The molecule has 0 fully saturated rings. The van der Waals surface area contributed by atoms with E-state index >= 15 is 0 Å². The molecule has 0 bridgehead atoms. The first kappa shape index (κ1) is 15.1. The van der Waals surface area contributed by atoms with Crippen LogP contribution in [0.15, 0.2) is 45.3 Å². The monoisotopic (exact) mass is 409 g/mol. The average Bonchev–Trinajstić information content (AvgIpc) is 2.92. The fraction of sp³-hybridized carbons (Fsp3) is 0.294. The largest absolute Gasteiger partial charge is 0.493 e. The Labute approximate surface area is 142 Å². The molecule has 2 aromatic carbocycles. The average molecular weight is 411 g/mol. The van der Waals surface area contributed by atoms with E-state index in [1.165, 1.54) is 16.7 Å². The van der Waals surface area contributed by atoms with Crippen LogP contribution >= 0.6 is 31.9 Å². The third-order valence-electron chi connectivity index (χ3n) is 3.77. The fourth-order valence-electron chi connectivity index (χ4n) is 2.63. The highest BCUT2D eigenvalue weighted by molar-refractivity contribution is 9.10. The Morgan fingerprint density at radius 2 is 2.05 bits per heavy atom. The third kappa shape index (κ3) is 3.50. The van der Waals surface area contributed by atoms with Gasteiger partial charge in [-0.3, -0.25) is 0 Å². The molecule has 1 atom stereocenters. The highest BCUT2D eigenvalue weighted by Gasteiger charge is 2.17. The molecular formula is C17H17Br2NO. The second-order valence-electron chi connectivity index (χ2n) is 5.31. The molecule has 110 valence electrons. The molecule has 0 radical (unpaired) electrons. The maximum absolute atomic E-state index is 5.77. The lowest BCUT2D eigenvalue weighted by Gasteiger charge is -2.16.